The van der Waals surface area contributed by atoms with Crippen molar-refractivity contribution in [2.24, 2.45) is 5.14 Å². The minimum Gasteiger partial charge on any atom is -0.308 e. The van der Waals surface area contributed by atoms with Crippen molar-refractivity contribution in [3.8, 4) is 0 Å². The maximum Gasteiger partial charge on any atom is 0.277 e. The fourth-order valence-corrected chi connectivity index (χ4v) is 2.29. The van der Waals surface area contributed by atoms with E-state index in [1.165, 1.54) is 4.31 Å². The molecule has 0 spiro atoms. The van der Waals surface area contributed by atoms with Gasteiger partial charge in [0.25, 0.3) is 10.2 Å². The van der Waals surface area contributed by atoms with E-state index in [4.69, 9.17) is 5.14 Å². The van der Waals surface area contributed by atoms with Gasteiger partial charge < -0.3 is 4.90 Å². The van der Waals surface area contributed by atoms with E-state index in [0.717, 1.165) is 0 Å². The maximum absolute atomic E-state index is 11.1. The average molecular weight is 209 g/mol. The Hall–Kier alpha value is -0.170. The first-order valence-electron chi connectivity index (χ1n) is 4.23. The molecule has 13 heavy (non-hydrogen) atoms. The maximum atomic E-state index is 11.1. The second kappa shape index (κ2) is 4.90. The molecular formula is C7H19N3O2S. The minimum absolute atomic E-state index is 0.0880. The van der Waals surface area contributed by atoms with Gasteiger partial charge in [0, 0.05) is 19.1 Å². The van der Waals surface area contributed by atoms with E-state index < -0.39 is 10.2 Å². The van der Waals surface area contributed by atoms with Crippen molar-refractivity contribution in [2.75, 3.05) is 27.2 Å². The fraction of sp³-hybridized carbons (Fsp3) is 1.00. The van der Waals surface area contributed by atoms with Gasteiger partial charge in [-0.05, 0) is 21.0 Å². The predicted octanol–water partition coefficient (Wildman–Crippen LogP) is -0.538. The molecule has 2 N–H and O–H groups in total. The van der Waals surface area contributed by atoms with Gasteiger partial charge in [-0.3, -0.25) is 0 Å². The Morgan fingerprint density at radius 1 is 1.38 bits per heavy atom. The summed E-state index contributed by atoms with van der Waals surface area (Å²) in [6, 6.07) is -0.0880. The molecule has 0 aromatic rings. The summed E-state index contributed by atoms with van der Waals surface area (Å²) < 4.78 is 23.4. The molecule has 1 unspecified atom stereocenters. The lowest BCUT2D eigenvalue weighted by Gasteiger charge is -2.27. The molecule has 0 amide bonds. The van der Waals surface area contributed by atoms with Gasteiger partial charge in [0.15, 0.2) is 0 Å². The van der Waals surface area contributed by atoms with E-state index >= 15 is 0 Å². The Bertz CT molecular complexity index is 238. The van der Waals surface area contributed by atoms with Crippen LogP contribution in [0.1, 0.15) is 13.8 Å². The predicted molar refractivity (Wildman–Crippen MR) is 53.5 cm³/mol. The van der Waals surface area contributed by atoms with Crippen LogP contribution in [0, 0.1) is 0 Å². The number of hydrogen-bond donors (Lipinski definition) is 1. The summed E-state index contributed by atoms with van der Waals surface area (Å²) in [5.41, 5.74) is 0. The van der Waals surface area contributed by atoms with Crippen molar-refractivity contribution >= 4 is 10.2 Å². The molecular weight excluding hydrogens is 190 g/mol. The molecule has 0 saturated heterocycles. The van der Waals surface area contributed by atoms with E-state index in [-0.39, 0.29) is 6.04 Å². The van der Waals surface area contributed by atoms with Crippen molar-refractivity contribution in [2.45, 2.75) is 19.9 Å². The molecule has 0 rings (SSSR count). The normalized spacial score (nSPS) is 15.3. The van der Waals surface area contributed by atoms with Crippen molar-refractivity contribution in [1.29, 1.82) is 0 Å². The van der Waals surface area contributed by atoms with Crippen LogP contribution in [0.4, 0.5) is 0 Å². The summed E-state index contributed by atoms with van der Waals surface area (Å²) in [6.07, 6.45) is 0. The largest absolute Gasteiger partial charge is 0.308 e. The second-order valence-corrected chi connectivity index (χ2v) is 4.86. The van der Waals surface area contributed by atoms with E-state index in [0.29, 0.717) is 13.1 Å². The Labute approximate surface area is 80.7 Å². The minimum atomic E-state index is -3.55. The van der Waals surface area contributed by atoms with E-state index in [2.05, 4.69) is 0 Å². The standard InChI is InChI=1S/C7H19N3O2S/c1-5-10(13(8,11)12)7(2)6-9(3)4/h7H,5-6H2,1-4H3,(H2,8,11,12). The molecule has 0 heterocycles. The number of nitrogens with two attached hydrogens (primary N) is 1. The van der Waals surface area contributed by atoms with E-state index in [1.807, 2.05) is 25.9 Å². The van der Waals surface area contributed by atoms with Crippen LogP contribution < -0.4 is 5.14 Å². The number of likely N-dealkylation sites (N-methyl/N-ethyl adjacent to an activating group) is 2. The Kier molecular flexibility index (Phi) is 4.83. The van der Waals surface area contributed by atoms with Gasteiger partial charge >= 0.3 is 0 Å². The van der Waals surface area contributed by atoms with Crippen LogP contribution in [-0.4, -0.2) is 50.8 Å². The first kappa shape index (κ1) is 12.8. The van der Waals surface area contributed by atoms with Crippen molar-refractivity contribution < 1.29 is 8.42 Å². The monoisotopic (exact) mass is 209 g/mol. The molecule has 0 aromatic heterocycles. The highest BCUT2D eigenvalue weighted by atomic mass is 32.2. The van der Waals surface area contributed by atoms with Gasteiger partial charge in [0.05, 0.1) is 0 Å². The van der Waals surface area contributed by atoms with Crippen LogP contribution >= 0.6 is 0 Å². The zero-order chi connectivity index (χ0) is 10.6. The topological polar surface area (TPSA) is 66.6 Å². The number of rotatable bonds is 5. The molecule has 0 aromatic carbocycles. The van der Waals surface area contributed by atoms with Crippen LogP contribution in [0.5, 0.6) is 0 Å². The van der Waals surface area contributed by atoms with Gasteiger partial charge in [-0.15, -0.1) is 0 Å². The number of nitrogens with zero attached hydrogens (tertiary/aromatic N) is 2. The molecule has 0 bridgehead atoms. The highest BCUT2D eigenvalue weighted by Crippen LogP contribution is 2.03. The fourth-order valence-electron chi connectivity index (χ4n) is 1.36. The van der Waals surface area contributed by atoms with Gasteiger partial charge in [-0.25, -0.2) is 5.14 Å². The van der Waals surface area contributed by atoms with Crippen molar-refractivity contribution in [1.82, 2.24) is 9.21 Å². The summed E-state index contributed by atoms with van der Waals surface area (Å²) >= 11 is 0. The van der Waals surface area contributed by atoms with Gasteiger partial charge in [0.1, 0.15) is 0 Å². The first-order valence-corrected chi connectivity index (χ1v) is 5.73. The molecule has 0 aliphatic rings. The zero-order valence-electron chi connectivity index (χ0n) is 8.69. The third kappa shape index (κ3) is 4.56. The van der Waals surface area contributed by atoms with Gasteiger partial charge in [-0.2, -0.15) is 12.7 Å². The third-order valence-electron chi connectivity index (χ3n) is 1.76. The molecule has 0 saturated carbocycles. The first-order chi connectivity index (χ1) is 5.79. The SMILES string of the molecule is CCN(C(C)CN(C)C)S(N)(=O)=O. The van der Waals surface area contributed by atoms with E-state index in [1.54, 1.807) is 6.92 Å². The molecule has 5 nitrogen and oxygen atoms in total. The van der Waals surface area contributed by atoms with Gasteiger partial charge in [0.2, 0.25) is 0 Å². The molecule has 0 fully saturated rings. The summed E-state index contributed by atoms with van der Waals surface area (Å²) in [4.78, 5) is 1.93. The summed E-state index contributed by atoms with van der Waals surface area (Å²) in [5, 5.41) is 5.05. The van der Waals surface area contributed by atoms with Crippen LogP contribution in [0.25, 0.3) is 0 Å². The van der Waals surface area contributed by atoms with Crippen LogP contribution in [0.2, 0.25) is 0 Å². The van der Waals surface area contributed by atoms with Crippen molar-refractivity contribution in [3.63, 3.8) is 0 Å². The molecule has 0 aliphatic heterocycles. The van der Waals surface area contributed by atoms with Crippen LogP contribution in [-0.2, 0) is 10.2 Å². The molecule has 6 heteroatoms. The molecule has 1 atom stereocenters. The summed E-state index contributed by atoms with van der Waals surface area (Å²) in [6.45, 7) is 4.70. The quantitative estimate of drug-likeness (QED) is 0.661. The van der Waals surface area contributed by atoms with E-state index in [9.17, 15) is 8.42 Å². The van der Waals surface area contributed by atoms with Crippen molar-refractivity contribution in [3.05, 3.63) is 0 Å². The summed E-state index contributed by atoms with van der Waals surface area (Å²) in [5.74, 6) is 0. The Morgan fingerprint density at radius 2 is 1.85 bits per heavy atom. The highest BCUT2D eigenvalue weighted by molar-refractivity contribution is 7.86. The molecule has 0 aliphatic carbocycles. The van der Waals surface area contributed by atoms with Gasteiger partial charge in [-0.1, -0.05) is 6.92 Å². The molecule has 80 valence electrons. The van der Waals surface area contributed by atoms with Crippen LogP contribution in [0.15, 0.2) is 0 Å². The molecule has 0 radical (unpaired) electrons. The summed E-state index contributed by atoms with van der Waals surface area (Å²) in [7, 11) is 0.239. The lowest BCUT2D eigenvalue weighted by atomic mass is 10.3. The highest BCUT2D eigenvalue weighted by Gasteiger charge is 2.21. The number of hydrogen-bond acceptors (Lipinski definition) is 3. The average Bonchev–Trinajstić information content (AvgIpc) is 1.82. The second-order valence-electron chi connectivity index (χ2n) is 3.36. The Balaban J connectivity index is 4.42. The third-order valence-corrected chi connectivity index (χ3v) is 3.03. The Morgan fingerprint density at radius 3 is 2.08 bits per heavy atom. The van der Waals surface area contributed by atoms with Crippen LogP contribution in [0.3, 0.4) is 0 Å². The lowest BCUT2D eigenvalue weighted by Crippen LogP contribution is -2.46. The zero-order valence-corrected chi connectivity index (χ0v) is 9.50. The smallest absolute Gasteiger partial charge is 0.277 e. The lowest BCUT2D eigenvalue weighted by molar-refractivity contribution is 0.271.